The molecule has 0 unspecified atom stereocenters. The number of aryl methyl sites for hydroxylation is 1. The fourth-order valence-corrected chi connectivity index (χ4v) is 2.92. The van der Waals surface area contributed by atoms with Gasteiger partial charge >= 0.3 is 0 Å². The molecule has 0 saturated carbocycles. The van der Waals surface area contributed by atoms with Crippen LogP contribution in [0.4, 0.5) is 0 Å². The number of carbonyl (C=O) groups excluding carboxylic acids is 2. The predicted octanol–water partition coefficient (Wildman–Crippen LogP) is 2.86. The molecule has 0 radical (unpaired) electrons. The first kappa shape index (κ1) is 19.0. The number of aromatic nitrogens is 2. The minimum atomic E-state index is -0.684. The van der Waals surface area contributed by atoms with Crippen molar-refractivity contribution in [3.8, 4) is 0 Å². The molecule has 6 heteroatoms. The summed E-state index contributed by atoms with van der Waals surface area (Å²) in [5, 5.41) is 8.05. The van der Waals surface area contributed by atoms with Gasteiger partial charge in [0.2, 0.25) is 5.91 Å². The van der Waals surface area contributed by atoms with E-state index in [4.69, 9.17) is 5.73 Å². The molecule has 1 aromatic heterocycles. The van der Waals surface area contributed by atoms with Crippen LogP contribution in [-0.2, 0) is 11.3 Å². The molecule has 2 aromatic rings. The molecule has 0 saturated heterocycles. The van der Waals surface area contributed by atoms with Crippen molar-refractivity contribution in [1.82, 2.24) is 15.1 Å². The molecular formula is C19H28N4O2. The molecule has 1 aromatic carbocycles. The summed E-state index contributed by atoms with van der Waals surface area (Å²) >= 11 is 0. The summed E-state index contributed by atoms with van der Waals surface area (Å²) in [7, 11) is 0. The molecule has 136 valence electrons. The van der Waals surface area contributed by atoms with Crippen molar-refractivity contribution in [2.45, 2.75) is 59.0 Å². The second-order valence-corrected chi connectivity index (χ2v) is 6.85. The Labute approximate surface area is 148 Å². The molecule has 25 heavy (non-hydrogen) atoms. The topological polar surface area (TPSA) is 90.0 Å². The lowest BCUT2D eigenvalue weighted by atomic mass is 10.0. The molecule has 0 bridgehead atoms. The number of nitrogens with zero attached hydrogens (tertiary/aromatic N) is 2. The van der Waals surface area contributed by atoms with Gasteiger partial charge in [0.05, 0.1) is 5.52 Å². The normalized spacial score (nSPS) is 12.5. The Bertz CT molecular complexity index is 736. The van der Waals surface area contributed by atoms with Crippen LogP contribution in [0.3, 0.4) is 0 Å². The van der Waals surface area contributed by atoms with Gasteiger partial charge in [-0.2, -0.15) is 5.10 Å². The van der Waals surface area contributed by atoms with Gasteiger partial charge < -0.3 is 11.1 Å². The third-order valence-electron chi connectivity index (χ3n) is 4.20. The van der Waals surface area contributed by atoms with E-state index in [2.05, 4.69) is 17.3 Å². The van der Waals surface area contributed by atoms with E-state index in [9.17, 15) is 9.59 Å². The summed E-state index contributed by atoms with van der Waals surface area (Å²) < 4.78 is 1.88. The van der Waals surface area contributed by atoms with Crippen LogP contribution in [0.1, 0.15) is 56.9 Å². The van der Waals surface area contributed by atoms with Crippen LogP contribution in [-0.4, -0.2) is 27.6 Å². The molecule has 1 heterocycles. The zero-order chi connectivity index (χ0) is 18.4. The fourth-order valence-electron chi connectivity index (χ4n) is 2.92. The number of hydrogen-bond donors (Lipinski definition) is 2. The number of nitrogens with two attached hydrogens (primary N) is 1. The van der Waals surface area contributed by atoms with Crippen molar-refractivity contribution < 1.29 is 9.59 Å². The average molecular weight is 344 g/mol. The van der Waals surface area contributed by atoms with Gasteiger partial charge in [-0.15, -0.1) is 0 Å². The number of nitrogens with one attached hydrogen (secondary N) is 1. The molecule has 0 aliphatic carbocycles. The number of fused-ring (bicyclic) bond motifs is 1. The van der Waals surface area contributed by atoms with Crippen LogP contribution in [0.2, 0.25) is 0 Å². The van der Waals surface area contributed by atoms with Gasteiger partial charge in [-0.05, 0) is 24.8 Å². The van der Waals surface area contributed by atoms with Gasteiger partial charge in [0.1, 0.15) is 6.04 Å². The summed E-state index contributed by atoms with van der Waals surface area (Å²) in [4.78, 5) is 24.3. The summed E-state index contributed by atoms with van der Waals surface area (Å²) in [6, 6.07) is 6.99. The number of amides is 2. The van der Waals surface area contributed by atoms with E-state index in [1.807, 2.05) is 42.8 Å². The number of rotatable bonds is 9. The maximum atomic E-state index is 12.7. The Morgan fingerprint density at radius 3 is 2.60 bits per heavy atom. The second kappa shape index (κ2) is 8.65. The van der Waals surface area contributed by atoms with Crippen LogP contribution in [0.5, 0.6) is 0 Å². The molecular weight excluding hydrogens is 316 g/mol. The minimum Gasteiger partial charge on any atom is -0.368 e. The minimum absolute atomic E-state index is 0.251. The molecule has 6 nitrogen and oxygen atoms in total. The Kier molecular flexibility index (Phi) is 6.56. The first-order valence-corrected chi connectivity index (χ1v) is 8.99. The van der Waals surface area contributed by atoms with Gasteiger partial charge in [0.15, 0.2) is 5.69 Å². The van der Waals surface area contributed by atoms with Crippen LogP contribution >= 0.6 is 0 Å². The Morgan fingerprint density at radius 1 is 1.24 bits per heavy atom. The molecule has 2 amide bonds. The van der Waals surface area contributed by atoms with Crippen molar-refractivity contribution in [3.05, 3.63) is 30.0 Å². The zero-order valence-corrected chi connectivity index (χ0v) is 15.3. The van der Waals surface area contributed by atoms with Crippen molar-refractivity contribution in [2.24, 2.45) is 11.7 Å². The van der Waals surface area contributed by atoms with Gasteiger partial charge in [-0.1, -0.05) is 51.8 Å². The molecule has 0 spiro atoms. The van der Waals surface area contributed by atoms with Crippen molar-refractivity contribution >= 4 is 22.7 Å². The average Bonchev–Trinajstić information content (AvgIpc) is 2.93. The highest BCUT2D eigenvalue weighted by molar-refractivity contribution is 6.06. The molecule has 3 N–H and O–H groups in total. The lowest BCUT2D eigenvalue weighted by Gasteiger charge is -2.16. The molecule has 1 atom stereocenters. The second-order valence-electron chi connectivity index (χ2n) is 6.85. The van der Waals surface area contributed by atoms with E-state index in [0.717, 1.165) is 36.7 Å². The lowest BCUT2D eigenvalue weighted by Crippen LogP contribution is -2.45. The number of benzene rings is 1. The number of para-hydroxylation sites is 1. The quantitative estimate of drug-likeness (QED) is 0.685. The summed E-state index contributed by atoms with van der Waals surface area (Å²) in [5.41, 5.74) is 6.71. The number of carbonyl (C=O) groups is 2. The Hall–Kier alpha value is -2.37. The largest absolute Gasteiger partial charge is 0.368 e. The van der Waals surface area contributed by atoms with Gasteiger partial charge in [-0.25, -0.2) is 0 Å². The van der Waals surface area contributed by atoms with Gasteiger partial charge in [0, 0.05) is 11.9 Å². The summed E-state index contributed by atoms with van der Waals surface area (Å²) in [6.07, 6.45) is 3.77. The highest BCUT2D eigenvalue weighted by Gasteiger charge is 2.23. The van der Waals surface area contributed by atoms with E-state index >= 15 is 0 Å². The van der Waals surface area contributed by atoms with E-state index in [1.165, 1.54) is 0 Å². The molecule has 0 fully saturated rings. The van der Waals surface area contributed by atoms with Crippen LogP contribution in [0.15, 0.2) is 24.3 Å². The Balaban J connectivity index is 2.26. The number of hydrogen-bond acceptors (Lipinski definition) is 3. The van der Waals surface area contributed by atoms with E-state index < -0.39 is 11.9 Å². The van der Waals surface area contributed by atoms with E-state index in [1.54, 1.807) is 0 Å². The lowest BCUT2D eigenvalue weighted by molar-refractivity contribution is -0.120. The monoisotopic (exact) mass is 344 g/mol. The maximum absolute atomic E-state index is 12.7. The molecule has 2 rings (SSSR count). The summed E-state index contributed by atoms with van der Waals surface area (Å²) in [5.74, 6) is -0.621. The zero-order valence-electron chi connectivity index (χ0n) is 15.3. The number of primary amides is 1. The van der Waals surface area contributed by atoms with Crippen molar-refractivity contribution in [3.63, 3.8) is 0 Å². The highest BCUT2D eigenvalue weighted by Crippen LogP contribution is 2.19. The SMILES string of the molecule is CCCCCn1nc(C(=O)N[C@@H](CC(C)C)C(N)=O)c2ccccc21. The van der Waals surface area contributed by atoms with Gasteiger partial charge in [-0.3, -0.25) is 14.3 Å². The smallest absolute Gasteiger partial charge is 0.273 e. The van der Waals surface area contributed by atoms with Gasteiger partial charge in [0.25, 0.3) is 5.91 Å². The Morgan fingerprint density at radius 2 is 1.96 bits per heavy atom. The first-order chi connectivity index (χ1) is 11.9. The maximum Gasteiger partial charge on any atom is 0.273 e. The van der Waals surface area contributed by atoms with Crippen molar-refractivity contribution in [2.75, 3.05) is 0 Å². The number of unbranched alkanes of at least 4 members (excludes halogenated alkanes) is 2. The van der Waals surface area contributed by atoms with Crippen LogP contribution < -0.4 is 11.1 Å². The standard InChI is InChI=1S/C19H28N4O2/c1-4-5-8-11-23-16-10-7-6-9-14(16)17(22-23)19(25)21-15(18(20)24)12-13(2)3/h6-7,9-10,13,15H,4-5,8,11-12H2,1-3H3,(H2,20,24)(H,21,25)/t15-/m0/s1. The third-order valence-corrected chi connectivity index (χ3v) is 4.20. The first-order valence-electron chi connectivity index (χ1n) is 8.99. The van der Waals surface area contributed by atoms with E-state index in [0.29, 0.717) is 12.1 Å². The summed E-state index contributed by atoms with van der Waals surface area (Å²) in [6.45, 7) is 6.89. The molecule has 0 aliphatic rings. The van der Waals surface area contributed by atoms with Crippen LogP contribution in [0, 0.1) is 5.92 Å². The van der Waals surface area contributed by atoms with Crippen molar-refractivity contribution in [1.29, 1.82) is 0 Å². The fraction of sp³-hybridized carbons (Fsp3) is 0.526. The third kappa shape index (κ3) is 4.81. The van der Waals surface area contributed by atoms with Crippen LogP contribution in [0.25, 0.3) is 10.9 Å². The highest BCUT2D eigenvalue weighted by atomic mass is 16.2. The predicted molar refractivity (Wildman–Crippen MR) is 99.2 cm³/mol. The van der Waals surface area contributed by atoms with E-state index in [-0.39, 0.29) is 11.8 Å². The molecule has 0 aliphatic heterocycles.